The van der Waals surface area contributed by atoms with Crippen LogP contribution in [0.1, 0.15) is 44.5 Å². The van der Waals surface area contributed by atoms with Crippen LogP contribution in [-0.4, -0.2) is 6.54 Å². The van der Waals surface area contributed by atoms with Crippen LogP contribution >= 0.6 is 22.9 Å². The molecule has 0 aliphatic carbocycles. The first-order valence-corrected chi connectivity index (χ1v) is 6.77. The lowest BCUT2D eigenvalue weighted by molar-refractivity contribution is 0.500. The summed E-state index contributed by atoms with van der Waals surface area (Å²) in [6.45, 7) is 7.82. The fraction of sp³-hybridized carbons (Fsp3) is 0.667. The van der Waals surface area contributed by atoms with Gasteiger partial charge in [0.25, 0.3) is 0 Å². The second-order valence-corrected chi connectivity index (χ2v) is 6.10. The Morgan fingerprint density at radius 2 is 2.07 bits per heavy atom. The first-order chi connectivity index (χ1) is 7.09. The molecule has 1 N–H and O–H groups in total. The Hall–Kier alpha value is -0.0500. The highest BCUT2D eigenvalue weighted by atomic mass is 35.5. The zero-order valence-corrected chi connectivity index (χ0v) is 11.3. The van der Waals surface area contributed by atoms with Crippen LogP contribution in [0.4, 0.5) is 0 Å². The van der Waals surface area contributed by atoms with Gasteiger partial charge in [-0.1, -0.05) is 25.4 Å². The molecule has 0 saturated heterocycles. The third kappa shape index (κ3) is 5.01. The minimum Gasteiger partial charge on any atom is -0.309 e. The Labute approximate surface area is 102 Å². The Morgan fingerprint density at radius 3 is 2.60 bits per heavy atom. The summed E-state index contributed by atoms with van der Waals surface area (Å²) in [5, 5.41) is 3.52. The average Bonchev–Trinajstić information content (AvgIpc) is 2.59. The van der Waals surface area contributed by atoms with Crippen LogP contribution in [0.3, 0.4) is 0 Å². The lowest BCUT2D eigenvalue weighted by atomic mass is 10.1. The summed E-state index contributed by atoms with van der Waals surface area (Å²) in [6, 6.07) is 4.50. The van der Waals surface area contributed by atoms with E-state index < -0.39 is 0 Å². The molecule has 1 unspecified atom stereocenters. The molecule has 1 aromatic heterocycles. The molecule has 3 heteroatoms. The van der Waals surface area contributed by atoms with Gasteiger partial charge < -0.3 is 5.32 Å². The van der Waals surface area contributed by atoms with E-state index in [1.54, 1.807) is 11.3 Å². The lowest BCUT2D eigenvalue weighted by Crippen LogP contribution is -2.19. The van der Waals surface area contributed by atoms with Crippen molar-refractivity contribution in [2.75, 3.05) is 6.54 Å². The topological polar surface area (TPSA) is 12.0 Å². The van der Waals surface area contributed by atoms with Crippen LogP contribution in [0.2, 0.25) is 4.34 Å². The molecule has 0 aliphatic rings. The Bertz CT molecular complexity index is 283. The van der Waals surface area contributed by atoms with E-state index in [-0.39, 0.29) is 0 Å². The fourth-order valence-corrected chi connectivity index (χ4v) is 2.58. The predicted octanol–water partition coefficient (Wildman–Crippen LogP) is 4.49. The van der Waals surface area contributed by atoms with Crippen molar-refractivity contribution < 1.29 is 0 Å². The first-order valence-electron chi connectivity index (χ1n) is 5.58. The number of nitrogens with one attached hydrogen (secondary N) is 1. The van der Waals surface area contributed by atoms with Gasteiger partial charge >= 0.3 is 0 Å². The molecular formula is C12H20ClNS. The summed E-state index contributed by atoms with van der Waals surface area (Å²) in [4.78, 5) is 1.32. The molecule has 15 heavy (non-hydrogen) atoms. The van der Waals surface area contributed by atoms with E-state index in [0.717, 1.165) is 16.8 Å². The number of hydrogen-bond acceptors (Lipinski definition) is 2. The Kier molecular flexibility index (Phi) is 5.65. The number of rotatable bonds is 6. The molecule has 0 fully saturated rings. The summed E-state index contributed by atoms with van der Waals surface area (Å²) in [5.41, 5.74) is 0. The highest BCUT2D eigenvalue weighted by Gasteiger charge is 2.06. The van der Waals surface area contributed by atoms with E-state index >= 15 is 0 Å². The molecular weight excluding hydrogens is 226 g/mol. The molecule has 0 spiro atoms. The zero-order valence-electron chi connectivity index (χ0n) is 9.72. The molecule has 0 aromatic carbocycles. The van der Waals surface area contributed by atoms with Crippen molar-refractivity contribution in [1.29, 1.82) is 0 Å². The maximum absolute atomic E-state index is 5.90. The van der Waals surface area contributed by atoms with Crippen molar-refractivity contribution in [3.63, 3.8) is 0 Å². The van der Waals surface area contributed by atoms with Crippen molar-refractivity contribution in [2.45, 2.75) is 39.7 Å². The van der Waals surface area contributed by atoms with Crippen LogP contribution in [0.25, 0.3) is 0 Å². The van der Waals surface area contributed by atoms with Gasteiger partial charge in [0.05, 0.1) is 4.34 Å². The molecule has 1 atom stereocenters. The van der Waals surface area contributed by atoms with Crippen molar-refractivity contribution in [3.05, 3.63) is 21.3 Å². The summed E-state index contributed by atoms with van der Waals surface area (Å²) >= 11 is 7.56. The van der Waals surface area contributed by atoms with E-state index in [1.807, 2.05) is 6.07 Å². The third-order valence-corrected chi connectivity index (χ3v) is 3.84. The van der Waals surface area contributed by atoms with Crippen molar-refractivity contribution >= 4 is 22.9 Å². The van der Waals surface area contributed by atoms with Crippen molar-refractivity contribution in [1.82, 2.24) is 5.32 Å². The molecule has 1 heterocycles. The van der Waals surface area contributed by atoms with E-state index in [2.05, 4.69) is 32.2 Å². The third-order valence-electron chi connectivity index (χ3n) is 2.43. The maximum Gasteiger partial charge on any atom is 0.0931 e. The van der Waals surface area contributed by atoms with Gasteiger partial charge in [0.1, 0.15) is 0 Å². The van der Waals surface area contributed by atoms with Crippen LogP contribution in [-0.2, 0) is 0 Å². The van der Waals surface area contributed by atoms with Gasteiger partial charge in [-0.25, -0.2) is 0 Å². The monoisotopic (exact) mass is 245 g/mol. The van der Waals surface area contributed by atoms with Crippen LogP contribution in [0, 0.1) is 5.92 Å². The maximum atomic E-state index is 5.90. The van der Waals surface area contributed by atoms with Crippen LogP contribution < -0.4 is 5.32 Å². The number of thiophene rings is 1. The van der Waals surface area contributed by atoms with E-state index in [0.29, 0.717) is 6.04 Å². The standard InChI is InChI=1S/C12H20ClNS/c1-9(2)5-4-8-14-10(3)11-6-7-12(13)15-11/h6-7,9-10,14H,4-5,8H2,1-3H3. The molecule has 0 saturated carbocycles. The molecule has 0 aliphatic heterocycles. The molecule has 0 amide bonds. The van der Waals surface area contributed by atoms with E-state index in [1.165, 1.54) is 17.7 Å². The van der Waals surface area contributed by atoms with Gasteiger partial charge in [0.2, 0.25) is 0 Å². The molecule has 86 valence electrons. The summed E-state index contributed by atoms with van der Waals surface area (Å²) in [6.07, 6.45) is 2.55. The predicted molar refractivity (Wildman–Crippen MR) is 69.8 cm³/mol. The van der Waals surface area contributed by atoms with Crippen LogP contribution in [0.15, 0.2) is 12.1 Å². The Morgan fingerprint density at radius 1 is 1.33 bits per heavy atom. The summed E-state index contributed by atoms with van der Waals surface area (Å²) in [5.74, 6) is 0.804. The smallest absolute Gasteiger partial charge is 0.0931 e. The van der Waals surface area contributed by atoms with Crippen LogP contribution in [0.5, 0.6) is 0 Å². The lowest BCUT2D eigenvalue weighted by Gasteiger charge is -2.12. The highest BCUT2D eigenvalue weighted by Crippen LogP contribution is 2.26. The first kappa shape index (κ1) is 13.0. The molecule has 1 nitrogen and oxygen atoms in total. The molecule has 0 radical (unpaired) electrons. The van der Waals surface area contributed by atoms with Crippen molar-refractivity contribution in [3.8, 4) is 0 Å². The minimum atomic E-state index is 0.426. The molecule has 0 bridgehead atoms. The summed E-state index contributed by atoms with van der Waals surface area (Å²) in [7, 11) is 0. The van der Waals surface area contributed by atoms with Gasteiger partial charge in [-0.3, -0.25) is 0 Å². The number of hydrogen-bond donors (Lipinski definition) is 1. The quantitative estimate of drug-likeness (QED) is 0.729. The van der Waals surface area contributed by atoms with Gasteiger partial charge in [-0.05, 0) is 44.4 Å². The van der Waals surface area contributed by atoms with Gasteiger partial charge in [-0.15, -0.1) is 11.3 Å². The van der Waals surface area contributed by atoms with Gasteiger partial charge in [0, 0.05) is 10.9 Å². The summed E-state index contributed by atoms with van der Waals surface area (Å²) < 4.78 is 0.876. The Balaban J connectivity index is 2.21. The second kappa shape index (κ2) is 6.51. The largest absolute Gasteiger partial charge is 0.309 e. The molecule has 1 rings (SSSR count). The van der Waals surface area contributed by atoms with Crippen molar-refractivity contribution in [2.24, 2.45) is 5.92 Å². The molecule has 1 aromatic rings. The van der Waals surface area contributed by atoms with Gasteiger partial charge in [0.15, 0.2) is 0 Å². The zero-order chi connectivity index (χ0) is 11.3. The van der Waals surface area contributed by atoms with Gasteiger partial charge in [-0.2, -0.15) is 0 Å². The second-order valence-electron chi connectivity index (χ2n) is 4.35. The SMILES string of the molecule is CC(C)CCCNC(C)c1ccc(Cl)s1. The van der Waals surface area contributed by atoms with E-state index in [9.17, 15) is 0 Å². The minimum absolute atomic E-state index is 0.426. The highest BCUT2D eigenvalue weighted by molar-refractivity contribution is 7.16. The van der Waals surface area contributed by atoms with E-state index in [4.69, 9.17) is 11.6 Å². The fourth-order valence-electron chi connectivity index (χ4n) is 1.49. The average molecular weight is 246 g/mol. The number of halogens is 1. The normalized spacial score (nSPS) is 13.4.